The van der Waals surface area contributed by atoms with Crippen molar-refractivity contribution in [1.29, 1.82) is 0 Å². The maximum absolute atomic E-state index is 11.8. The Morgan fingerprint density at radius 3 is 2.65 bits per heavy atom. The lowest BCUT2D eigenvalue weighted by Gasteiger charge is -2.14. The van der Waals surface area contributed by atoms with Crippen LogP contribution in [0.25, 0.3) is 0 Å². The van der Waals surface area contributed by atoms with Gasteiger partial charge in [-0.2, -0.15) is 0 Å². The van der Waals surface area contributed by atoms with Crippen molar-refractivity contribution >= 4 is 39.3 Å². The van der Waals surface area contributed by atoms with Gasteiger partial charge in [0.05, 0.1) is 6.42 Å². The zero-order valence-corrected chi connectivity index (χ0v) is 14.6. The maximum atomic E-state index is 11.8. The quantitative estimate of drug-likeness (QED) is 0.740. The van der Waals surface area contributed by atoms with Crippen LogP contribution in [0.4, 0.5) is 4.79 Å². The van der Waals surface area contributed by atoms with Gasteiger partial charge in [-0.1, -0.05) is 30.3 Å². The predicted octanol–water partition coefficient (Wildman–Crippen LogP) is 4.00. The number of nitrogens with one attached hydrogen (secondary N) is 1. The zero-order chi connectivity index (χ0) is 16.7. The number of carbonyl (C=O) groups excluding carboxylic acids is 1. The van der Waals surface area contributed by atoms with Crippen molar-refractivity contribution in [1.82, 2.24) is 5.32 Å². The molecule has 1 unspecified atom stereocenters. The molecule has 0 saturated heterocycles. The highest BCUT2D eigenvalue weighted by molar-refractivity contribution is 9.10. The summed E-state index contributed by atoms with van der Waals surface area (Å²) in [5, 5.41) is 13.5. The van der Waals surface area contributed by atoms with E-state index in [2.05, 4.69) is 21.2 Å². The summed E-state index contributed by atoms with van der Waals surface area (Å²) in [7, 11) is 0. The van der Waals surface area contributed by atoms with E-state index in [0.717, 1.165) is 14.9 Å². The second kappa shape index (κ2) is 8.69. The van der Waals surface area contributed by atoms with E-state index in [4.69, 9.17) is 9.84 Å². The van der Waals surface area contributed by atoms with E-state index in [1.165, 1.54) is 11.3 Å². The third-order valence-corrected chi connectivity index (χ3v) is 4.97. The molecule has 0 spiro atoms. The van der Waals surface area contributed by atoms with Gasteiger partial charge >= 0.3 is 12.1 Å². The van der Waals surface area contributed by atoms with Gasteiger partial charge in [0.15, 0.2) is 0 Å². The van der Waals surface area contributed by atoms with Crippen LogP contribution in [0.5, 0.6) is 0 Å². The molecule has 1 aromatic heterocycles. The summed E-state index contributed by atoms with van der Waals surface area (Å²) in [5.41, 5.74) is 0.895. The van der Waals surface area contributed by atoms with E-state index >= 15 is 0 Å². The van der Waals surface area contributed by atoms with Gasteiger partial charge in [0, 0.05) is 27.2 Å². The predicted molar refractivity (Wildman–Crippen MR) is 91.6 cm³/mol. The fraction of sp³-hybridized carbons (Fsp3) is 0.250. The van der Waals surface area contributed by atoms with Gasteiger partial charge in [0.2, 0.25) is 0 Å². The van der Waals surface area contributed by atoms with Crippen molar-refractivity contribution in [3.8, 4) is 0 Å². The first-order valence-electron chi connectivity index (χ1n) is 6.95. The van der Waals surface area contributed by atoms with Crippen LogP contribution >= 0.6 is 27.3 Å². The Hall–Kier alpha value is -1.86. The average molecular weight is 398 g/mol. The molecule has 1 aromatic carbocycles. The number of halogens is 1. The number of benzene rings is 1. The molecule has 0 aliphatic heterocycles. The molecule has 23 heavy (non-hydrogen) atoms. The molecule has 2 N–H and O–H groups in total. The minimum atomic E-state index is -0.904. The average Bonchev–Trinajstić information content (AvgIpc) is 2.96. The number of alkyl carbamates (subject to hydrolysis) is 1. The van der Waals surface area contributed by atoms with Gasteiger partial charge in [-0.05, 0) is 27.6 Å². The fourth-order valence-corrected chi connectivity index (χ4v) is 3.56. The molecule has 0 aliphatic carbocycles. The van der Waals surface area contributed by atoms with Crippen molar-refractivity contribution < 1.29 is 19.4 Å². The van der Waals surface area contributed by atoms with Crippen molar-refractivity contribution in [2.45, 2.75) is 18.9 Å². The molecule has 2 rings (SSSR count). The SMILES string of the molecule is O=C(O)CC(CNC(=O)OCc1ccccc1)c1cc(Br)cs1. The fourth-order valence-electron chi connectivity index (χ4n) is 2.01. The van der Waals surface area contributed by atoms with Crippen LogP contribution in [0.2, 0.25) is 0 Å². The standard InChI is InChI=1S/C16H16BrNO4S/c17-13-7-14(23-10-13)12(6-15(19)20)8-18-16(21)22-9-11-4-2-1-3-5-11/h1-5,7,10,12H,6,8-9H2,(H,18,21)(H,19,20). The largest absolute Gasteiger partial charge is 0.481 e. The number of hydrogen-bond acceptors (Lipinski definition) is 4. The summed E-state index contributed by atoms with van der Waals surface area (Å²) < 4.78 is 6.02. The van der Waals surface area contributed by atoms with Crippen LogP contribution in [0, 0.1) is 0 Å². The number of carboxylic acids is 1. The number of amides is 1. The Morgan fingerprint density at radius 2 is 2.04 bits per heavy atom. The molecule has 2 aromatic rings. The molecule has 7 heteroatoms. The Kier molecular flexibility index (Phi) is 6.61. The van der Waals surface area contributed by atoms with Gasteiger partial charge in [0.1, 0.15) is 6.61 Å². The molecule has 0 saturated carbocycles. The summed E-state index contributed by atoms with van der Waals surface area (Å²) in [6, 6.07) is 11.2. The lowest BCUT2D eigenvalue weighted by molar-refractivity contribution is -0.137. The first kappa shape index (κ1) is 17.5. The second-order valence-corrected chi connectivity index (χ2v) is 6.76. The molecule has 1 heterocycles. The van der Waals surface area contributed by atoms with E-state index in [-0.39, 0.29) is 25.5 Å². The molecular formula is C16H16BrNO4S. The smallest absolute Gasteiger partial charge is 0.407 e. The lowest BCUT2D eigenvalue weighted by atomic mass is 10.0. The number of carbonyl (C=O) groups is 2. The molecule has 0 fully saturated rings. The lowest BCUT2D eigenvalue weighted by Crippen LogP contribution is -2.29. The van der Waals surface area contributed by atoms with Crippen LogP contribution in [0.15, 0.2) is 46.3 Å². The van der Waals surface area contributed by atoms with E-state index in [1.807, 2.05) is 41.8 Å². The van der Waals surface area contributed by atoms with Crippen molar-refractivity contribution in [2.24, 2.45) is 0 Å². The molecule has 5 nitrogen and oxygen atoms in total. The summed E-state index contributed by atoms with van der Waals surface area (Å²) in [5.74, 6) is -1.19. The van der Waals surface area contributed by atoms with Crippen LogP contribution in [0.3, 0.4) is 0 Å². The summed E-state index contributed by atoms with van der Waals surface area (Å²) in [6.45, 7) is 0.397. The molecule has 1 amide bonds. The highest BCUT2D eigenvalue weighted by Crippen LogP contribution is 2.28. The number of thiophene rings is 1. The number of rotatable bonds is 7. The minimum absolute atomic E-state index is 0.0497. The van der Waals surface area contributed by atoms with Gasteiger partial charge < -0.3 is 15.2 Å². The molecule has 0 radical (unpaired) electrons. The molecule has 0 bridgehead atoms. The minimum Gasteiger partial charge on any atom is -0.481 e. The highest BCUT2D eigenvalue weighted by Gasteiger charge is 2.18. The Morgan fingerprint density at radius 1 is 1.30 bits per heavy atom. The Labute approximate surface area is 146 Å². The van der Waals surface area contributed by atoms with E-state index in [1.54, 1.807) is 0 Å². The Balaban J connectivity index is 1.85. The molecule has 0 aliphatic rings. The first-order chi connectivity index (χ1) is 11.0. The number of ether oxygens (including phenoxy) is 1. The van der Waals surface area contributed by atoms with Crippen molar-refractivity contribution in [3.05, 3.63) is 56.7 Å². The van der Waals surface area contributed by atoms with Crippen molar-refractivity contribution in [2.75, 3.05) is 6.54 Å². The molecular weight excluding hydrogens is 382 g/mol. The maximum Gasteiger partial charge on any atom is 0.407 e. The molecule has 1 atom stereocenters. The van der Waals surface area contributed by atoms with Crippen LogP contribution in [-0.2, 0) is 16.1 Å². The number of carboxylic acid groups (broad SMARTS) is 1. The summed E-state index contributed by atoms with van der Waals surface area (Å²) in [6.07, 6.45) is -0.605. The monoisotopic (exact) mass is 397 g/mol. The molecule has 122 valence electrons. The first-order valence-corrected chi connectivity index (χ1v) is 8.62. The van der Waals surface area contributed by atoms with Gasteiger partial charge in [-0.25, -0.2) is 4.79 Å². The topological polar surface area (TPSA) is 75.6 Å². The number of aliphatic carboxylic acids is 1. The third kappa shape index (κ3) is 6.03. The van der Waals surface area contributed by atoms with E-state index in [0.29, 0.717) is 0 Å². The number of hydrogen-bond donors (Lipinski definition) is 2. The normalized spacial score (nSPS) is 11.7. The third-order valence-electron chi connectivity index (χ3n) is 3.12. The Bertz CT molecular complexity index is 659. The van der Waals surface area contributed by atoms with Gasteiger partial charge in [-0.3, -0.25) is 4.79 Å². The van der Waals surface area contributed by atoms with Crippen LogP contribution in [0.1, 0.15) is 22.8 Å². The van der Waals surface area contributed by atoms with E-state index < -0.39 is 12.1 Å². The van der Waals surface area contributed by atoms with Crippen molar-refractivity contribution in [3.63, 3.8) is 0 Å². The second-order valence-electron chi connectivity index (χ2n) is 4.90. The summed E-state index contributed by atoms with van der Waals surface area (Å²) >= 11 is 4.81. The highest BCUT2D eigenvalue weighted by atomic mass is 79.9. The summed E-state index contributed by atoms with van der Waals surface area (Å²) in [4.78, 5) is 23.7. The van der Waals surface area contributed by atoms with Crippen LogP contribution < -0.4 is 5.32 Å². The van der Waals surface area contributed by atoms with Gasteiger partial charge in [-0.15, -0.1) is 11.3 Å². The zero-order valence-electron chi connectivity index (χ0n) is 12.2. The van der Waals surface area contributed by atoms with Crippen LogP contribution in [-0.4, -0.2) is 23.7 Å². The van der Waals surface area contributed by atoms with Gasteiger partial charge in [0.25, 0.3) is 0 Å². The van der Waals surface area contributed by atoms with E-state index in [9.17, 15) is 9.59 Å².